The van der Waals surface area contributed by atoms with Crippen LogP contribution in [0.25, 0.3) is 0 Å². The summed E-state index contributed by atoms with van der Waals surface area (Å²) >= 11 is 0. The highest BCUT2D eigenvalue weighted by atomic mass is 16.5. The van der Waals surface area contributed by atoms with Crippen LogP contribution in [0.3, 0.4) is 0 Å². The average Bonchev–Trinajstić information content (AvgIpc) is 3.32. The van der Waals surface area contributed by atoms with E-state index in [0.717, 1.165) is 64.7 Å². The van der Waals surface area contributed by atoms with Crippen LogP contribution in [0.15, 0.2) is 4.99 Å². The van der Waals surface area contributed by atoms with E-state index in [0.29, 0.717) is 6.10 Å². The van der Waals surface area contributed by atoms with Gasteiger partial charge in [0.15, 0.2) is 5.96 Å². The van der Waals surface area contributed by atoms with Gasteiger partial charge in [-0.15, -0.1) is 0 Å². The molecule has 0 radical (unpaired) electrons. The summed E-state index contributed by atoms with van der Waals surface area (Å²) in [5, 5.41) is 3.48. The third-order valence-electron chi connectivity index (χ3n) is 5.24. The molecule has 2 atom stereocenters. The summed E-state index contributed by atoms with van der Waals surface area (Å²) in [7, 11) is 1.86. The lowest BCUT2D eigenvalue weighted by molar-refractivity contribution is -0.0817. The molecule has 6 nitrogen and oxygen atoms in total. The standard InChI is InChI=1S/C18H33N3O3/c1-19-18(20-9-5-12-22-15-6-2-3-7-15)21-10-13-24-17(14-21)16-8-4-11-23-16/h15-17H,2-14H2,1H3,(H,19,20). The van der Waals surface area contributed by atoms with Crippen LogP contribution in [0.1, 0.15) is 44.9 Å². The third-order valence-corrected chi connectivity index (χ3v) is 5.24. The van der Waals surface area contributed by atoms with Crippen LogP contribution in [-0.4, -0.2) is 75.7 Å². The minimum Gasteiger partial charge on any atom is -0.378 e. The minimum atomic E-state index is 0.172. The van der Waals surface area contributed by atoms with E-state index < -0.39 is 0 Å². The molecule has 0 bridgehead atoms. The molecule has 3 aliphatic rings. The Morgan fingerprint density at radius 3 is 2.71 bits per heavy atom. The Bertz CT molecular complexity index is 393. The van der Waals surface area contributed by atoms with Crippen molar-refractivity contribution in [2.75, 3.05) is 46.5 Å². The molecule has 3 fully saturated rings. The Morgan fingerprint density at radius 1 is 1.12 bits per heavy atom. The lowest BCUT2D eigenvalue weighted by atomic mass is 10.1. The quantitative estimate of drug-likeness (QED) is 0.454. The molecule has 0 spiro atoms. The molecule has 2 saturated heterocycles. The van der Waals surface area contributed by atoms with Crippen molar-refractivity contribution in [3.63, 3.8) is 0 Å². The Kier molecular flexibility index (Phi) is 7.17. The van der Waals surface area contributed by atoms with Gasteiger partial charge in [0.25, 0.3) is 0 Å². The van der Waals surface area contributed by atoms with Crippen molar-refractivity contribution >= 4 is 5.96 Å². The first-order valence-corrected chi connectivity index (χ1v) is 9.67. The molecular formula is C18H33N3O3. The summed E-state index contributed by atoms with van der Waals surface area (Å²) in [6.07, 6.45) is 9.38. The predicted molar refractivity (Wildman–Crippen MR) is 94.5 cm³/mol. The molecule has 1 aliphatic carbocycles. The summed E-state index contributed by atoms with van der Waals surface area (Å²) in [5.41, 5.74) is 0. The van der Waals surface area contributed by atoms with Gasteiger partial charge in [-0.05, 0) is 32.1 Å². The number of hydrogen-bond donors (Lipinski definition) is 1. The van der Waals surface area contributed by atoms with Crippen molar-refractivity contribution in [1.82, 2.24) is 10.2 Å². The highest BCUT2D eigenvalue weighted by molar-refractivity contribution is 5.80. The van der Waals surface area contributed by atoms with E-state index in [9.17, 15) is 0 Å². The maximum Gasteiger partial charge on any atom is 0.193 e. The number of aliphatic imine (C=N–C) groups is 1. The van der Waals surface area contributed by atoms with E-state index in [1.165, 1.54) is 25.7 Å². The first-order chi connectivity index (χ1) is 11.9. The number of guanidine groups is 1. The molecule has 24 heavy (non-hydrogen) atoms. The third kappa shape index (κ3) is 5.07. The molecule has 0 aromatic rings. The molecule has 0 amide bonds. The minimum absolute atomic E-state index is 0.172. The molecule has 2 heterocycles. The first-order valence-electron chi connectivity index (χ1n) is 9.67. The Hall–Kier alpha value is -0.850. The zero-order chi connectivity index (χ0) is 16.6. The zero-order valence-corrected chi connectivity index (χ0v) is 15.0. The highest BCUT2D eigenvalue weighted by Crippen LogP contribution is 2.21. The lowest BCUT2D eigenvalue weighted by Crippen LogP contribution is -2.53. The van der Waals surface area contributed by atoms with Crippen molar-refractivity contribution in [1.29, 1.82) is 0 Å². The number of morpholine rings is 1. The Balaban J connectivity index is 1.35. The lowest BCUT2D eigenvalue weighted by Gasteiger charge is -2.37. The number of ether oxygens (including phenoxy) is 3. The number of nitrogens with one attached hydrogen (secondary N) is 1. The molecule has 138 valence electrons. The Labute approximate surface area is 145 Å². The van der Waals surface area contributed by atoms with Gasteiger partial charge in [0.05, 0.1) is 18.8 Å². The van der Waals surface area contributed by atoms with E-state index >= 15 is 0 Å². The maximum absolute atomic E-state index is 5.92. The maximum atomic E-state index is 5.92. The van der Waals surface area contributed by atoms with Crippen molar-refractivity contribution in [2.45, 2.75) is 63.3 Å². The topological polar surface area (TPSA) is 55.3 Å². The summed E-state index contributed by atoms with van der Waals surface area (Å²) in [6, 6.07) is 0. The summed E-state index contributed by atoms with van der Waals surface area (Å²) in [6.45, 7) is 5.12. The van der Waals surface area contributed by atoms with Crippen LogP contribution in [0.4, 0.5) is 0 Å². The molecule has 0 aromatic carbocycles. The van der Waals surface area contributed by atoms with Crippen LogP contribution < -0.4 is 5.32 Å². The average molecular weight is 339 g/mol. The van der Waals surface area contributed by atoms with Crippen molar-refractivity contribution in [3.8, 4) is 0 Å². The molecule has 2 unspecified atom stereocenters. The molecule has 1 N–H and O–H groups in total. The molecule has 2 aliphatic heterocycles. The number of hydrogen-bond acceptors (Lipinski definition) is 4. The second kappa shape index (κ2) is 9.59. The van der Waals surface area contributed by atoms with Gasteiger partial charge in [0.2, 0.25) is 0 Å². The zero-order valence-electron chi connectivity index (χ0n) is 15.0. The van der Waals surface area contributed by atoms with Gasteiger partial charge in [-0.25, -0.2) is 0 Å². The van der Waals surface area contributed by atoms with Gasteiger partial charge < -0.3 is 24.4 Å². The second-order valence-corrected chi connectivity index (χ2v) is 7.01. The van der Waals surface area contributed by atoms with Gasteiger partial charge in [-0.3, -0.25) is 4.99 Å². The summed E-state index contributed by atoms with van der Waals surface area (Å²) in [4.78, 5) is 6.74. The molecular weight excluding hydrogens is 306 g/mol. The smallest absolute Gasteiger partial charge is 0.193 e. The van der Waals surface area contributed by atoms with E-state index in [-0.39, 0.29) is 12.2 Å². The van der Waals surface area contributed by atoms with Crippen molar-refractivity contribution in [2.24, 2.45) is 4.99 Å². The largest absolute Gasteiger partial charge is 0.378 e. The van der Waals surface area contributed by atoms with Crippen LogP contribution in [0.2, 0.25) is 0 Å². The van der Waals surface area contributed by atoms with Crippen LogP contribution in [0, 0.1) is 0 Å². The van der Waals surface area contributed by atoms with E-state index in [4.69, 9.17) is 14.2 Å². The predicted octanol–water partition coefficient (Wildman–Crippen LogP) is 1.79. The fourth-order valence-electron chi connectivity index (χ4n) is 3.90. The van der Waals surface area contributed by atoms with E-state index in [2.05, 4.69) is 15.2 Å². The van der Waals surface area contributed by atoms with Gasteiger partial charge in [0, 0.05) is 39.9 Å². The second-order valence-electron chi connectivity index (χ2n) is 7.01. The van der Waals surface area contributed by atoms with Gasteiger partial charge >= 0.3 is 0 Å². The van der Waals surface area contributed by atoms with Crippen LogP contribution in [0.5, 0.6) is 0 Å². The van der Waals surface area contributed by atoms with Crippen molar-refractivity contribution < 1.29 is 14.2 Å². The molecule has 1 saturated carbocycles. The highest BCUT2D eigenvalue weighted by Gasteiger charge is 2.32. The fourth-order valence-corrected chi connectivity index (χ4v) is 3.90. The van der Waals surface area contributed by atoms with Crippen LogP contribution in [-0.2, 0) is 14.2 Å². The van der Waals surface area contributed by atoms with E-state index in [1.807, 2.05) is 7.05 Å². The summed E-state index contributed by atoms with van der Waals surface area (Å²) < 4.78 is 17.6. The van der Waals surface area contributed by atoms with Gasteiger partial charge in [0.1, 0.15) is 6.10 Å². The normalized spacial score (nSPS) is 29.4. The SMILES string of the molecule is CN=C(NCCCOC1CCCC1)N1CCOC(C2CCCO2)C1. The fraction of sp³-hybridized carbons (Fsp3) is 0.944. The van der Waals surface area contributed by atoms with Gasteiger partial charge in [-0.1, -0.05) is 12.8 Å². The molecule has 3 rings (SSSR count). The first kappa shape index (κ1) is 18.0. The van der Waals surface area contributed by atoms with E-state index in [1.54, 1.807) is 0 Å². The van der Waals surface area contributed by atoms with Crippen molar-refractivity contribution in [3.05, 3.63) is 0 Å². The number of nitrogens with zero attached hydrogens (tertiary/aromatic N) is 2. The molecule has 6 heteroatoms. The monoisotopic (exact) mass is 339 g/mol. The summed E-state index contributed by atoms with van der Waals surface area (Å²) in [5.74, 6) is 0.974. The van der Waals surface area contributed by atoms with Crippen LogP contribution >= 0.6 is 0 Å². The van der Waals surface area contributed by atoms with Gasteiger partial charge in [-0.2, -0.15) is 0 Å². The Morgan fingerprint density at radius 2 is 1.96 bits per heavy atom. The molecule has 0 aromatic heterocycles. The number of rotatable bonds is 6.